The zero-order chi connectivity index (χ0) is 22.9. The number of anilines is 1. The summed E-state index contributed by atoms with van der Waals surface area (Å²) in [6.45, 7) is 3.72. The molecule has 0 aliphatic heterocycles. The fourth-order valence-corrected chi connectivity index (χ4v) is 3.46. The molecule has 0 saturated heterocycles. The first-order valence-corrected chi connectivity index (χ1v) is 10.5. The molecule has 0 bridgehead atoms. The van der Waals surface area contributed by atoms with Crippen molar-refractivity contribution >= 4 is 29.4 Å². The Morgan fingerprint density at radius 2 is 1.88 bits per heavy atom. The van der Waals surface area contributed by atoms with Crippen molar-refractivity contribution in [1.29, 1.82) is 0 Å². The van der Waals surface area contributed by atoms with Crippen LogP contribution in [0.5, 0.6) is 0 Å². The fraction of sp³-hybridized carbons (Fsp3) is 0.240. The molecule has 32 heavy (non-hydrogen) atoms. The van der Waals surface area contributed by atoms with Crippen LogP contribution in [0, 0.1) is 6.92 Å². The lowest BCUT2D eigenvalue weighted by Gasteiger charge is -2.07. The van der Waals surface area contributed by atoms with Crippen LogP contribution in [0.1, 0.15) is 32.8 Å². The molecule has 0 amide bonds. The highest BCUT2D eigenvalue weighted by Gasteiger charge is 2.08. The van der Waals surface area contributed by atoms with Crippen LogP contribution in [0.2, 0.25) is 0 Å². The second-order valence-corrected chi connectivity index (χ2v) is 7.43. The van der Waals surface area contributed by atoms with Crippen molar-refractivity contribution in [1.82, 2.24) is 15.0 Å². The summed E-state index contributed by atoms with van der Waals surface area (Å²) in [6.07, 6.45) is 2.62. The highest BCUT2D eigenvalue weighted by atomic mass is 16.5. The number of hydrogen-bond donors (Lipinski definition) is 2. The van der Waals surface area contributed by atoms with Gasteiger partial charge in [-0.15, -0.1) is 0 Å². The normalized spacial score (nSPS) is 10.5. The highest BCUT2D eigenvalue weighted by molar-refractivity contribution is 5.92. The van der Waals surface area contributed by atoms with Gasteiger partial charge in [-0.3, -0.25) is 9.59 Å². The molecule has 0 saturated carbocycles. The summed E-state index contributed by atoms with van der Waals surface area (Å²) in [4.78, 5) is 21.9. The van der Waals surface area contributed by atoms with Crippen molar-refractivity contribution in [3.63, 3.8) is 0 Å². The average Bonchev–Trinajstić information content (AvgIpc) is 3.44. The smallest absolute Gasteiger partial charge is 0.225 e. The van der Waals surface area contributed by atoms with Crippen molar-refractivity contribution in [2.75, 3.05) is 26.0 Å². The standard InChI is InChI=1S/C14H16N2O2.C11H12N2O/c1-15-5-2-6-16-13(10-18)8-12-4-3-11(9-17)7-14(12)16;1-8-4-3-5-9(6-8)10-7-11(12-2)14-13-10/h3-4,7-10,15H,2,5-6H2,1H3;3-7,12H,1-2H3. The minimum Gasteiger partial charge on any atom is -0.357 e. The fourth-order valence-electron chi connectivity index (χ4n) is 3.46. The Kier molecular flexibility index (Phi) is 7.94. The van der Waals surface area contributed by atoms with Crippen LogP contribution >= 0.6 is 0 Å². The van der Waals surface area contributed by atoms with Crippen molar-refractivity contribution in [3.8, 4) is 11.3 Å². The Labute approximate surface area is 187 Å². The number of carbonyl (C=O) groups is 2. The van der Waals surface area contributed by atoms with Gasteiger partial charge >= 0.3 is 0 Å². The van der Waals surface area contributed by atoms with Crippen LogP contribution in [-0.4, -0.2) is 42.9 Å². The Hall–Kier alpha value is -3.71. The summed E-state index contributed by atoms with van der Waals surface area (Å²) in [5, 5.41) is 10.9. The quantitative estimate of drug-likeness (QED) is 0.313. The minimum absolute atomic E-state index is 0.632. The molecule has 7 heteroatoms. The molecule has 7 nitrogen and oxygen atoms in total. The third-order valence-corrected chi connectivity index (χ3v) is 5.10. The van der Waals surface area contributed by atoms with E-state index in [0.717, 1.165) is 54.2 Å². The van der Waals surface area contributed by atoms with Crippen molar-refractivity contribution < 1.29 is 14.1 Å². The van der Waals surface area contributed by atoms with Gasteiger partial charge in [0, 0.05) is 41.7 Å². The maximum Gasteiger partial charge on any atom is 0.225 e. The molecule has 4 rings (SSSR count). The number of aldehydes is 2. The number of rotatable bonds is 8. The van der Waals surface area contributed by atoms with Crippen LogP contribution in [-0.2, 0) is 6.54 Å². The first-order chi connectivity index (χ1) is 15.6. The first kappa shape index (κ1) is 23.0. The molecule has 0 aliphatic carbocycles. The van der Waals surface area contributed by atoms with Gasteiger partial charge in [0.1, 0.15) is 12.0 Å². The van der Waals surface area contributed by atoms with Gasteiger partial charge in [-0.2, -0.15) is 0 Å². The third kappa shape index (κ3) is 5.50. The topological polar surface area (TPSA) is 89.2 Å². The van der Waals surface area contributed by atoms with Crippen LogP contribution in [0.3, 0.4) is 0 Å². The van der Waals surface area contributed by atoms with E-state index < -0.39 is 0 Å². The van der Waals surface area contributed by atoms with Crippen LogP contribution in [0.4, 0.5) is 5.88 Å². The zero-order valence-electron chi connectivity index (χ0n) is 18.6. The van der Waals surface area contributed by atoms with Gasteiger partial charge < -0.3 is 19.7 Å². The van der Waals surface area contributed by atoms with Gasteiger partial charge in [-0.25, -0.2) is 0 Å². The molecule has 2 aromatic heterocycles. The molecular formula is C25H28N4O3. The molecule has 2 N–H and O–H groups in total. The number of fused-ring (bicyclic) bond motifs is 1. The summed E-state index contributed by atoms with van der Waals surface area (Å²) in [6, 6.07) is 17.4. The largest absolute Gasteiger partial charge is 0.357 e. The summed E-state index contributed by atoms with van der Waals surface area (Å²) in [7, 11) is 3.71. The van der Waals surface area contributed by atoms with E-state index in [0.29, 0.717) is 17.1 Å². The van der Waals surface area contributed by atoms with Gasteiger partial charge in [0.25, 0.3) is 0 Å². The van der Waals surface area contributed by atoms with Gasteiger partial charge in [0.05, 0.1) is 5.69 Å². The Bertz CT molecular complexity index is 1190. The number of benzene rings is 2. The summed E-state index contributed by atoms with van der Waals surface area (Å²) < 4.78 is 7.01. The number of nitrogens with one attached hydrogen (secondary N) is 2. The van der Waals surface area contributed by atoms with Crippen molar-refractivity contribution in [3.05, 3.63) is 71.4 Å². The number of carbonyl (C=O) groups excluding carboxylic acids is 2. The summed E-state index contributed by atoms with van der Waals surface area (Å²) >= 11 is 0. The predicted octanol–water partition coefficient (Wildman–Crippen LogP) is 4.57. The monoisotopic (exact) mass is 432 g/mol. The van der Waals surface area contributed by atoms with Crippen LogP contribution in [0.15, 0.2) is 59.1 Å². The molecular weight excluding hydrogens is 404 g/mol. The molecule has 2 aromatic carbocycles. The van der Waals surface area contributed by atoms with E-state index in [9.17, 15) is 9.59 Å². The van der Waals surface area contributed by atoms with Gasteiger partial charge in [0.15, 0.2) is 6.29 Å². The molecule has 2 heterocycles. The number of aromatic nitrogens is 2. The van der Waals surface area contributed by atoms with Crippen LogP contribution in [0.25, 0.3) is 22.2 Å². The van der Waals surface area contributed by atoms with E-state index in [-0.39, 0.29) is 0 Å². The minimum atomic E-state index is 0.632. The van der Waals surface area contributed by atoms with Crippen molar-refractivity contribution in [2.24, 2.45) is 0 Å². The Morgan fingerprint density at radius 1 is 1.03 bits per heavy atom. The molecule has 0 unspecified atom stereocenters. The zero-order valence-corrected chi connectivity index (χ0v) is 18.6. The maximum atomic E-state index is 11.1. The highest BCUT2D eigenvalue weighted by Crippen LogP contribution is 2.22. The predicted molar refractivity (Wildman–Crippen MR) is 127 cm³/mol. The molecule has 0 fully saturated rings. The second kappa shape index (κ2) is 11.1. The number of nitrogens with zero attached hydrogens (tertiary/aromatic N) is 2. The molecule has 0 spiro atoms. The first-order valence-electron chi connectivity index (χ1n) is 10.5. The lowest BCUT2D eigenvalue weighted by atomic mass is 10.1. The van der Waals surface area contributed by atoms with Crippen LogP contribution < -0.4 is 10.6 Å². The van der Waals surface area contributed by atoms with E-state index in [2.05, 4.69) is 34.8 Å². The van der Waals surface area contributed by atoms with E-state index >= 15 is 0 Å². The summed E-state index contributed by atoms with van der Waals surface area (Å²) in [5.74, 6) is 0.682. The third-order valence-electron chi connectivity index (χ3n) is 5.10. The van der Waals surface area contributed by atoms with E-state index in [4.69, 9.17) is 4.52 Å². The molecule has 4 aromatic rings. The van der Waals surface area contributed by atoms with Gasteiger partial charge in [-0.05, 0) is 45.1 Å². The van der Waals surface area contributed by atoms with E-state index in [1.807, 2.05) is 48.0 Å². The lowest BCUT2D eigenvalue weighted by molar-refractivity contribution is 0.111. The molecule has 0 atom stereocenters. The SMILES string of the molecule is CNCCCn1c(C=O)cc2ccc(C=O)cc21.CNc1cc(-c2cccc(C)c2)no1. The number of aryl methyl sites for hydroxylation is 2. The lowest BCUT2D eigenvalue weighted by Crippen LogP contribution is -2.12. The van der Waals surface area contributed by atoms with Gasteiger partial charge in [0.2, 0.25) is 5.88 Å². The van der Waals surface area contributed by atoms with E-state index in [1.54, 1.807) is 13.1 Å². The second-order valence-electron chi connectivity index (χ2n) is 7.43. The van der Waals surface area contributed by atoms with Gasteiger partial charge in [-0.1, -0.05) is 41.1 Å². The Morgan fingerprint density at radius 3 is 2.53 bits per heavy atom. The average molecular weight is 433 g/mol. The van der Waals surface area contributed by atoms with E-state index in [1.165, 1.54) is 5.56 Å². The summed E-state index contributed by atoms with van der Waals surface area (Å²) in [5.41, 5.74) is 5.39. The molecule has 0 aliphatic rings. The molecule has 0 radical (unpaired) electrons. The molecule has 166 valence electrons. The number of hydrogen-bond acceptors (Lipinski definition) is 6. The Balaban J connectivity index is 0.000000186. The maximum absolute atomic E-state index is 11.1. The van der Waals surface area contributed by atoms with Crippen molar-refractivity contribution in [2.45, 2.75) is 19.9 Å².